The van der Waals surface area contributed by atoms with Gasteiger partial charge >= 0.3 is 12.2 Å². The molecule has 0 saturated heterocycles. The Labute approximate surface area is 95.8 Å². The lowest BCUT2D eigenvalue weighted by Crippen LogP contribution is -2.36. The Balaban J connectivity index is 2.56. The average Bonchev–Trinajstić information content (AvgIpc) is 2.26. The number of methoxy groups -OCH3 is 1. The SMILES string of the molecule is COc1ccccc1NC(=O)NCC(F)(F)F. The van der Waals surface area contributed by atoms with Gasteiger partial charge in [0, 0.05) is 0 Å². The number of benzene rings is 1. The Morgan fingerprint density at radius 1 is 1.35 bits per heavy atom. The maximum atomic E-state index is 11.8. The van der Waals surface area contributed by atoms with Crippen molar-refractivity contribution in [3.63, 3.8) is 0 Å². The van der Waals surface area contributed by atoms with Crippen LogP contribution in [0.4, 0.5) is 23.7 Å². The van der Waals surface area contributed by atoms with Crippen LogP contribution in [-0.2, 0) is 0 Å². The summed E-state index contributed by atoms with van der Waals surface area (Å²) in [6, 6.07) is 5.47. The molecule has 4 nitrogen and oxygen atoms in total. The number of halogens is 3. The zero-order valence-electron chi connectivity index (χ0n) is 8.97. The molecule has 7 heteroatoms. The van der Waals surface area contributed by atoms with Crippen LogP contribution in [0, 0.1) is 0 Å². The second kappa shape index (κ2) is 5.42. The molecule has 2 amide bonds. The highest BCUT2D eigenvalue weighted by atomic mass is 19.4. The molecule has 0 heterocycles. The molecule has 1 aromatic rings. The standard InChI is InChI=1S/C10H11F3N2O2/c1-17-8-5-3-2-4-7(8)15-9(16)14-6-10(11,12)13/h2-5H,6H2,1H3,(H2,14,15,16). The zero-order chi connectivity index (χ0) is 12.9. The fourth-order valence-corrected chi connectivity index (χ4v) is 1.09. The van der Waals surface area contributed by atoms with Crippen LogP contribution < -0.4 is 15.4 Å². The molecule has 0 aliphatic heterocycles. The van der Waals surface area contributed by atoms with E-state index in [-0.39, 0.29) is 0 Å². The number of hydrogen-bond acceptors (Lipinski definition) is 2. The van der Waals surface area contributed by atoms with Crippen molar-refractivity contribution in [1.29, 1.82) is 0 Å². The van der Waals surface area contributed by atoms with Gasteiger partial charge in [-0.25, -0.2) is 4.79 Å². The number of nitrogens with one attached hydrogen (secondary N) is 2. The molecule has 94 valence electrons. The Morgan fingerprint density at radius 2 is 2.00 bits per heavy atom. The second-order valence-corrected chi connectivity index (χ2v) is 3.12. The molecule has 2 N–H and O–H groups in total. The van der Waals surface area contributed by atoms with E-state index >= 15 is 0 Å². The summed E-state index contributed by atoms with van der Waals surface area (Å²) in [6.45, 7) is -1.38. The maximum Gasteiger partial charge on any atom is 0.405 e. The van der Waals surface area contributed by atoms with Gasteiger partial charge in [-0.3, -0.25) is 0 Å². The van der Waals surface area contributed by atoms with Crippen LogP contribution in [0.15, 0.2) is 24.3 Å². The highest BCUT2D eigenvalue weighted by Crippen LogP contribution is 2.22. The lowest BCUT2D eigenvalue weighted by atomic mass is 10.3. The molecule has 1 rings (SSSR count). The molecule has 17 heavy (non-hydrogen) atoms. The Morgan fingerprint density at radius 3 is 2.59 bits per heavy atom. The number of alkyl halides is 3. The molecule has 0 saturated carbocycles. The Bertz CT molecular complexity index is 393. The van der Waals surface area contributed by atoms with Crippen LogP contribution in [0.3, 0.4) is 0 Å². The molecule has 0 aliphatic rings. The lowest BCUT2D eigenvalue weighted by Gasteiger charge is -2.11. The highest BCUT2D eigenvalue weighted by Gasteiger charge is 2.27. The Kier molecular flexibility index (Phi) is 4.19. The predicted octanol–water partition coefficient (Wildman–Crippen LogP) is 2.38. The van der Waals surface area contributed by atoms with E-state index < -0.39 is 18.8 Å². The van der Waals surface area contributed by atoms with Crippen molar-refractivity contribution in [3.8, 4) is 5.75 Å². The molecule has 0 aromatic heterocycles. The molecule has 0 unspecified atom stereocenters. The van der Waals surface area contributed by atoms with Crippen LogP contribution >= 0.6 is 0 Å². The summed E-state index contributed by atoms with van der Waals surface area (Å²) in [5, 5.41) is 3.95. The van der Waals surface area contributed by atoms with Crippen molar-refractivity contribution in [2.24, 2.45) is 0 Å². The number of ether oxygens (including phenoxy) is 1. The summed E-state index contributed by atoms with van der Waals surface area (Å²) in [5.74, 6) is 0.370. The largest absolute Gasteiger partial charge is 0.495 e. The summed E-state index contributed by atoms with van der Waals surface area (Å²) in [5.41, 5.74) is 0.301. The van der Waals surface area contributed by atoms with Gasteiger partial charge in [0.25, 0.3) is 0 Å². The van der Waals surface area contributed by atoms with E-state index in [2.05, 4.69) is 5.32 Å². The number of anilines is 1. The van der Waals surface area contributed by atoms with E-state index in [1.165, 1.54) is 13.2 Å². The first-order chi connectivity index (χ1) is 7.92. The minimum absolute atomic E-state index is 0.301. The smallest absolute Gasteiger partial charge is 0.405 e. The topological polar surface area (TPSA) is 50.4 Å². The van der Waals surface area contributed by atoms with Gasteiger partial charge < -0.3 is 15.4 Å². The minimum Gasteiger partial charge on any atom is -0.495 e. The van der Waals surface area contributed by atoms with Crippen LogP contribution in [0.2, 0.25) is 0 Å². The summed E-state index contributed by atoms with van der Waals surface area (Å²) >= 11 is 0. The molecule has 0 bridgehead atoms. The summed E-state index contributed by atoms with van der Waals surface area (Å²) in [7, 11) is 1.40. The summed E-state index contributed by atoms with van der Waals surface area (Å²) < 4.78 is 40.4. The molecule has 0 atom stereocenters. The van der Waals surface area contributed by atoms with Gasteiger partial charge in [-0.1, -0.05) is 12.1 Å². The van der Waals surface area contributed by atoms with Gasteiger partial charge in [0.2, 0.25) is 0 Å². The van der Waals surface area contributed by atoms with Crippen LogP contribution in [0.1, 0.15) is 0 Å². The van der Waals surface area contributed by atoms with Gasteiger partial charge in [0.1, 0.15) is 12.3 Å². The molecule has 0 aliphatic carbocycles. The van der Waals surface area contributed by atoms with Crippen molar-refractivity contribution in [1.82, 2.24) is 5.32 Å². The van der Waals surface area contributed by atoms with E-state index in [4.69, 9.17) is 4.74 Å². The van der Waals surface area contributed by atoms with Crippen molar-refractivity contribution < 1.29 is 22.7 Å². The monoisotopic (exact) mass is 248 g/mol. The average molecular weight is 248 g/mol. The summed E-state index contributed by atoms with van der Waals surface area (Å²) in [6.07, 6.45) is -4.43. The minimum atomic E-state index is -4.43. The summed E-state index contributed by atoms with van der Waals surface area (Å²) in [4.78, 5) is 11.1. The molecule has 0 spiro atoms. The second-order valence-electron chi connectivity index (χ2n) is 3.12. The van der Waals surface area contributed by atoms with Crippen LogP contribution in [0.25, 0.3) is 0 Å². The number of carbonyl (C=O) groups excluding carboxylic acids is 1. The number of para-hydroxylation sites is 2. The van der Waals surface area contributed by atoms with E-state index in [9.17, 15) is 18.0 Å². The first-order valence-electron chi connectivity index (χ1n) is 4.67. The number of amides is 2. The molecular weight excluding hydrogens is 237 g/mol. The van der Waals surface area contributed by atoms with E-state index in [0.29, 0.717) is 11.4 Å². The van der Waals surface area contributed by atoms with Gasteiger partial charge in [-0.2, -0.15) is 13.2 Å². The Hall–Kier alpha value is -1.92. The predicted molar refractivity (Wildman–Crippen MR) is 56.1 cm³/mol. The van der Waals surface area contributed by atoms with Crippen molar-refractivity contribution in [2.75, 3.05) is 19.0 Å². The number of hydrogen-bond donors (Lipinski definition) is 2. The van der Waals surface area contributed by atoms with Gasteiger partial charge in [-0.05, 0) is 12.1 Å². The fourth-order valence-electron chi connectivity index (χ4n) is 1.09. The number of rotatable bonds is 3. The molecule has 0 radical (unpaired) electrons. The van der Waals surface area contributed by atoms with Crippen molar-refractivity contribution in [3.05, 3.63) is 24.3 Å². The first kappa shape index (κ1) is 13.1. The van der Waals surface area contributed by atoms with E-state index in [0.717, 1.165) is 0 Å². The fraction of sp³-hybridized carbons (Fsp3) is 0.300. The zero-order valence-corrected chi connectivity index (χ0v) is 8.97. The quantitative estimate of drug-likeness (QED) is 0.862. The van der Waals surface area contributed by atoms with E-state index in [1.807, 2.05) is 0 Å². The van der Waals surface area contributed by atoms with Crippen molar-refractivity contribution >= 4 is 11.7 Å². The first-order valence-corrected chi connectivity index (χ1v) is 4.67. The number of carbonyl (C=O) groups is 1. The number of urea groups is 1. The third-order valence-electron chi connectivity index (χ3n) is 1.80. The highest BCUT2D eigenvalue weighted by molar-refractivity contribution is 5.90. The van der Waals surface area contributed by atoms with Crippen molar-refractivity contribution in [2.45, 2.75) is 6.18 Å². The normalized spacial score (nSPS) is 10.8. The van der Waals surface area contributed by atoms with Crippen LogP contribution in [0.5, 0.6) is 5.75 Å². The lowest BCUT2D eigenvalue weighted by molar-refractivity contribution is -0.122. The van der Waals surface area contributed by atoms with Gasteiger partial charge in [-0.15, -0.1) is 0 Å². The third-order valence-corrected chi connectivity index (χ3v) is 1.80. The van der Waals surface area contributed by atoms with Gasteiger partial charge in [0.05, 0.1) is 12.8 Å². The molecule has 1 aromatic carbocycles. The van der Waals surface area contributed by atoms with E-state index in [1.54, 1.807) is 23.5 Å². The van der Waals surface area contributed by atoms with Crippen LogP contribution in [-0.4, -0.2) is 25.9 Å². The third kappa shape index (κ3) is 4.62. The molecular formula is C10H11F3N2O2. The maximum absolute atomic E-state index is 11.8. The molecule has 0 fully saturated rings. The van der Waals surface area contributed by atoms with Gasteiger partial charge in [0.15, 0.2) is 0 Å².